The maximum atomic E-state index is 12.3. The van der Waals surface area contributed by atoms with Crippen molar-refractivity contribution in [1.29, 1.82) is 0 Å². The Balaban J connectivity index is 1.73. The van der Waals surface area contributed by atoms with E-state index in [1.54, 1.807) is 13.0 Å². The molecule has 6 nitrogen and oxygen atoms in total. The molecule has 3 rings (SSSR count). The summed E-state index contributed by atoms with van der Waals surface area (Å²) in [6, 6.07) is 16.7. The molecule has 0 atom stereocenters. The van der Waals surface area contributed by atoms with Gasteiger partial charge in [0.15, 0.2) is 0 Å². The molecule has 0 heterocycles. The average molecular weight is 349 g/mol. The fraction of sp³-hybridized carbons (Fsp3) is 0.150. The van der Waals surface area contributed by atoms with Gasteiger partial charge < -0.3 is 10.6 Å². The van der Waals surface area contributed by atoms with E-state index in [-0.39, 0.29) is 18.1 Å². The van der Waals surface area contributed by atoms with Crippen molar-refractivity contribution in [2.24, 2.45) is 0 Å². The summed E-state index contributed by atoms with van der Waals surface area (Å²) < 4.78 is 0. The lowest BCUT2D eigenvalue weighted by Gasteiger charge is -2.12. The molecule has 2 N–H and O–H groups in total. The lowest BCUT2D eigenvalue weighted by atomic mass is 10.1. The summed E-state index contributed by atoms with van der Waals surface area (Å²) in [6.45, 7) is 3.56. The Morgan fingerprint density at radius 1 is 1.00 bits per heavy atom. The van der Waals surface area contributed by atoms with Gasteiger partial charge in [-0.2, -0.15) is 0 Å². The first kappa shape index (κ1) is 17.4. The molecule has 0 unspecified atom stereocenters. The normalized spacial score (nSPS) is 10.5. The number of hydrogen-bond donors (Lipinski definition) is 2. The molecule has 0 fully saturated rings. The van der Waals surface area contributed by atoms with Crippen LogP contribution in [0.2, 0.25) is 0 Å². The monoisotopic (exact) mass is 349 g/mol. The number of nitrogens with zero attached hydrogens (tertiary/aromatic N) is 1. The number of nitro groups is 1. The molecule has 0 radical (unpaired) electrons. The number of nitrogens with one attached hydrogen (secondary N) is 2. The minimum atomic E-state index is -0.421. The lowest BCUT2D eigenvalue weighted by Crippen LogP contribution is -2.22. The number of hydrogen-bond acceptors (Lipinski definition) is 4. The van der Waals surface area contributed by atoms with E-state index in [1.165, 1.54) is 6.07 Å². The molecule has 6 heteroatoms. The molecular weight excluding hydrogens is 330 g/mol. The van der Waals surface area contributed by atoms with E-state index in [4.69, 9.17) is 0 Å². The molecule has 0 spiro atoms. The van der Waals surface area contributed by atoms with Crippen LogP contribution in [0.15, 0.2) is 54.6 Å². The van der Waals surface area contributed by atoms with E-state index in [0.29, 0.717) is 11.3 Å². The van der Waals surface area contributed by atoms with Crippen molar-refractivity contribution in [3.8, 4) is 0 Å². The summed E-state index contributed by atoms with van der Waals surface area (Å²) in [6.07, 6.45) is 0. The van der Waals surface area contributed by atoms with Crippen molar-refractivity contribution < 1.29 is 9.72 Å². The molecule has 0 saturated heterocycles. The first-order valence-corrected chi connectivity index (χ1v) is 8.23. The van der Waals surface area contributed by atoms with Crippen LogP contribution in [0.1, 0.15) is 11.1 Å². The van der Waals surface area contributed by atoms with E-state index in [1.807, 2.05) is 49.4 Å². The van der Waals surface area contributed by atoms with Crippen LogP contribution in [0.4, 0.5) is 17.1 Å². The molecule has 132 valence electrons. The van der Waals surface area contributed by atoms with E-state index < -0.39 is 4.92 Å². The topological polar surface area (TPSA) is 84.3 Å². The van der Waals surface area contributed by atoms with E-state index in [0.717, 1.165) is 22.0 Å². The van der Waals surface area contributed by atoms with Crippen LogP contribution in [0, 0.1) is 24.0 Å². The predicted octanol–water partition coefficient (Wildman–Crippen LogP) is 4.42. The van der Waals surface area contributed by atoms with Crippen LogP contribution in [0.3, 0.4) is 0 Å². The molecule has 0 bridgehead atoms. The number of nitro benzene ring substituents is 1. The summed E-state index contributed by atoms with van der Waals surface area (Å²) in [5.41, 5.74) is 2.80. The fourth-order valence-electron chi connectivity index (χ4n) is 2.93. The quantitative estimate of drug-likeness (QED) is 0.528. The minimum Gasteiger partial charge on any atom is -0.376 e. The highest BCUT2D eigenvalue weighted by Crippen LogP contribution is 2.26. The Morgan fingerprint density at radius 2 is 1.73 bits per heavy atom. The standard InChI is InChI=1S/C20H19N3O3/c1-13-10-14(2)19(23(25)26)11-18(13)21-12-20(24)22-17-9-5-7-15-6-3-4-8-16(15)17/h3-11,21H,12H2,1-2H3,(H,22,24). The van der Waals surface area contributed by atoms with Gasteiger partial charge in [-0.25, -0.2) is 0 Å². The van der Waals surface area contributed by atoms with E-state index in [2.05, 4.69) is 10.6 Å². The molecule has 1 amide bonds. The minimum absolute atomic E-state index is 0.0181. The van der Waals surface area contributed by atoms with Crippen molar-refractivity contribution in [2.45, 2.75) is 13.8 Å². The van der Waals surface area contributed by atoms with Gasteiger partial charge in [-0.05, 0) is 36.9 Å². The molecule has 0 aliphatic carbocycles. The third-order valence-electron chi connectivity index (χ3n) is 4.24. The van der Waals surface area contributed by atoms with Gasteiger partial charge >= 0.3 is 0 Å². The number of fused-ring (bicyclic) bond motifs is 1. The number of amides is 1. The van der Waals surface area contributed by atoms with Gasteiger partial charge in [0.25, 0.3) is 5.69 Å². The first-order valence-electron chi connectivity index (χ1n) is 8.23. The first-order chi connectivity index (χ1) is 12.5. The van der Waals surface area contributed by atoms with Gasteiger partial charge in [-0.3, -0.25) is 14.9 Å². The summed E-state index contributed by atoms with van der Waals surface area (Å²) in [4.78, 5) is 23.0. The number of carbonyl (C=O) groups excluding carboxylic acids is 1. The maximum Gasteiger partial charge on any atom is 0.274 e. The van der Waals surface area contributed by atoms with Crippen LogP contribution in [-0.2, 0) is 4.79 Å². The van der Waals surface area contributed by atoms with Crippen LogP contribution in [0.5, 0.6) is 0 Å². The van der Waals surface area contributed by atoms with Gasteiger partial charge in [0.1, 0.15) is 0 Å². The van der Waals surface area contributed by atoms with E-state index in [9.17, 15) is 14.9 Å². The zero-order chi connectivity index (χ0) is 18.7. The van der Waals surface area contributed by atoms with Crippen molar-refractivity contribution in [1.82, 2.24) is 0 Å². The zero-order valence-corrected chi connectivity index (χ0v) is 14.6. The van der Waals surface area contributed by atoms with Crippen molar-refractivity contribution in [2.75, 3.05) is 17.2 Å². The Labute approximate surface area is 151 Å². The molecule has 0 aliphatic heterocycles. The zero-order valence-electron chi connectivity index (χ0n) is 14.6. The van der Waals surface area contributed by atoms with Gasteiger partial charge in [-0.1, -0.05) is 36.4 Å². The highest BCUT2D eigenvalue weighted by Gasteiger charge is 2.14. The Bertz CT molecular complexity index is 994. The number of aryl methyl sites for hydroxylation is 2. The second-order valence-corrected chi connectivity index (χ2v) is 6.14. The highest BCUT2D eigenvalue weighted by molar-refractivity contribution is 6.03. The Morgan fingerprint density at radius 3 is 2.50 bits per heavy atom. The summed E-state index contributed by atoms with van der Waals surface area (Å²) in [5.74, 6) is -0.219. The summed E-state index contributed by atoms with van der Waals surface area (Å²) in [7, 11) is 0. The number of anilines is 2. The average Bonchev–Trinajstić information content (AvgIpc) is 2.61. The van der Waals surface area contributed by atoms with Crippen molar-refractivity contribution >= 4 is 33.7 Å². The predicted molar refractivity (Wildman–Crippen MR) is 104 cm³/mol. The maximum absolute atomic E-state index is 12.3. The molecule has 3 aromatic rings. The second kappa shape index (κ2) is 7.23. The number of benzene rings is 3. The van der Waals surface area contributed by atoms with Crippen LogP contribution < -0.4 is 10.6 Å². The molecule has 0 saturated carbocycles. The smallest absolute Gasteiger partial charge is 0.274 e. The summed E-state index contributed by atoms with van der Waals surface area (Å²) >= 11 is 0. The molecule has 3 aromatic carbocycles. The highest BCUT2D eigenvalue weighted by atomic mass is 16.6. The Kier molecular flexibility index (Phi) is 4.84. The van der Waals surface area contributed by atoms with Gasteiger partial charge in [0.05, 0.1) is 11.5 Å². The van der Waals surface area contributed by atoms with Gasteiger partial charge in [0, 0.05) is 28.4 Å². The fourth-order valence-corrected chi connectivity index (χ4v) is 2.93. The third-order valence-corrected chi connectivity index (χ3v) is 4.24. The largest absolute Gasteiger partial charge is 0.376 e. The lowest BCUT2D eigenvalue weighted by molar-refractivity contribution is -0.385. The van der Waals surface area contributed by atoms with Crippen molar-refractivity contribution in [3.63, 3.8) is 0 Å². The van der Waals surface area contributed by atoms with Crippen molar-refractivity contribution in [3.05, 3.63) is 75.8 Å². The Hall–Kier alpha value is -3.41. The van der Waals surface area contributed by atoms with Gasteiger partial charge in [-0.15, -0.1) is 0 Å². The molecule has 0 aliphatic rings. The molecule has 26 heavy (non-hydrogen) atoms. The third kappa shape index (κ3) is 3.64. The van der Waals surface area contributed by atoms with Crippen LogP contribution in [0.25, 0.3) is 10.8 Å². The SMILES string of the molecule is Cc1cc(C)c([N+](=O)[O-])cc1NCC(=O)Nc1cccc2ccccc12. The number of rotatable bonds is 5. The van der Waals surface area contributed by atoms with Crippen LogP contribution >= 0.6 is 0 Å². The van der Waals surface area contributed by atoms with Crippen LogP contribution in [-0.4, -0.2) is 17.4 Å². The summed E-state index contributed by atoms with van der Waals surface area (Å²) in [5, 5.41) is 19.0. The second-order valence-electron chi connectivity index (χ2n) is 6.14. The molecular formula is C20H19N3O3. The molecule has 0 aromatic heterocycles. The van der Waals surface area contributed by atoms with E-state index >= 15 is 0 Å². The number of carbonyl (C=O) groups is 1. The van der Waals surface area contributed by atoms with Gasteiger partial charge in [0.2, 0.25) is 5.91 Å².